The summed E-state index contributed by atoms with van der Waals surface area (Å²) in [5.74, 6) is -0.450. The van der Waals surface area contributed by atoms with Crippen LogP contribution in [0.1, 0.15) is 5.69 Å². The van der Waals surface area contributed by atoms with Crippen molar-refractivity contribution >= 4 is 27.3 Å². The number of aromatic nitrogens is 1. The van der Waals surface area contributed by atoms with Crippen molar-refractivity contribution in [2.24, 2.45) is 4.36 Å². The number of nitrogens with one attached hydrogen (secondary N) is 1. The lowest BCUT2D eigenvalue weighted by molar-refractivity contribution is -0.141. The molecule has 0 aliphatic carbocycles. The van der Waals surface area contributed by atoms with Crippen LogP contribution < -0.4 is 5.32 Å². The van der Waals surface area contributed by atoms with Gasteiger partial charge in [0.2, 0.25) is 0 Å². The first-order valence-electron chi connectivity index (χ1n) is 4.74. The fourth-order valence-corrected chi connectivity index (χ4v) is 1.67. The summed E-state index contributed by atoms with van der Waals surface area (Å²) in [4.78, 5) is 13.6. The van der Waals surface area contributed by atoms with Gasteiger partial charge in [-0.2, -0.15) is 17.5 Å². The zero-order valence-corrected chi connectivity index (χ0v) is 10.7. The van der Waals surface area contributed by atoms with Crippen LogP contribution in [0.2, 0.25) is 0 Å². The predicted molar refractivity (Wildman–Crippen MR) is 63.0 cm³/mol. The largest absolute Gasteiger partial charge is 0.465 e. The lowest BCUT2D eigenvalue weighted by Crippen LogP contribution is -2.12. The van der Waals surface area contributed by atoms with Gasteiger partial charge < -0.3 is 5.11 Å². The third kappa shape index (κ3) is 5.12. The van der Waals surface area contributed by atoms with Crippen LogP contribution in [0.3, 0.4) is 0 Å². The molecular formula is C9H10F3N3O3S. The summed E-state index contributed by atoms with van der Waals surface area (Å²) < 4.78 is 52.6. The second-order valence-electron chi connectivity index (χ2n) is 3.80. The van der Waals surface area contributed by atoms with Crippen LogP contribution in [0.4, 0.5) is 29.5 Å². The summed E-state index contributed by atoms with van der Waals surface area (Å²) in [6, 6.07) is 1.50. The predicted octanol–water partition coefficient (Wildman–Crippen LogP) is 2.55. The molecular weight excluding hydrogens is 287 g/mol. The van der Waals surface area contributed by atoms with Crippen molar-refractivity contribution in [3.05, 3.63) is 17.8 Å². The van der Waals surface area contributed by atoms with Crippen molar-refractivity contribution in [1.82, 2.24) is 4.98 Å². The molecule has 0 saturated heterocycles. The van der Waals surface area contributed by atoms with E-state index in [1.807, 2.05) is 0 Å². The number of rotatable bonds is 2. The maximum atomic E-state index is 12.6. The summed E-state index contributed by atoms with van der Waals surface area (Å²) in [6.45, 7) is 0. The molecule has 0 unspecified atom stereocenters. The maximum absolute atomic E-state index is 12.6. The van der Waals surface area contributed by atoms with Crippen molar-refractivity contribution in [1.29, 1.82) is 0 Å². The molecule has 0 bridgehead atoms. The molecule has 106 valence electrons. The molecule has 2 N–H and O–H groups in total. The van der Waals surface area contributed by atoms with E-state index in [1.54, 1.807) is 5.32 Å². The Hall–Kier alpha value is -1.84. The molecule has 19 heavy (non-hydrogen) atoms. The molecule has 0 saturated carbocycles. The first-order valence-corrected chi connectivity index (χ1v) is 7.07. The Morgan fingerprint density at radius 2 is 2.00 bits per heavy atom. The van der Waals surface area contributed by atoms with E-state index in [2.05, 4.69) is 9.35 Å². The highest BCUT2D eigenvalue weighted by molar-refractivity contribution is 7.92. The summed E-state index contributed by atoms with van der Waals surface area (Å²) in [7, 11) is -2.71. The minimum absolute atomic E-state index is 0.350. The first-order chi connectivity index (χ1) is 8.47. The fourth-order valence-electron chi connectivity index (χ4n) is 1.13. The standard InChI is InChI=1S/C9H10F3N3O3S/c1-19(2,18)15-7-4-5(13-8(16)17)3-6(14-7)9(10,11)12/h3-4H,1-2H3,(H,13,14)(H,16,17). The van der Waals surface area contributed by atoms with Crippen molar-refractivity contribution in [2.75, 3.05) is 17.8 Å². The number of hydrogen-bond donors (Lipinski definition) is 2. The lowest BCUT2D eigenvalue weighted by Gasteiger charge is -2.09. The van der Waals surface area contributed by atoms with Crippen molar-refractivity contribution < 1.29 is 27.3 Å². The minimum Gasteiger partial charge on any atom is -0.465 e. The Bertz CT molecular complexity index is 613. The Morgan fingerprint density at radius 3 is 2.42 bits per heavy atom. The second kappa shape index (κ2) is 5.03. The average Bonchev–Trinajstić information content (AvgIpc) is 2.11. The molecule has 0 aromatic carbocycles. The van der Waals surface area contributed by atoms with Gasteiger partial charge >= 0.3 is 12.3 Å². The number of amides is 1. The van der Waals surface area contributed by atoms with Crippen molar-refractivity contribution in [2.45, 2.75) is 6.18 Å². The quantitative estimate of drug-likeness (QED) is 0.877. The normalized spacial score (nSPS) is 12.1. The van der Waals surface area contributed by atoms with Crippen LogP contribution in [0.5, 0.6) is 0 Å². The highest BCUT2D eigenvalue weighted by atomic mass is 32.2. The molecule has 1 amide bonds. The maximum Gasteiger partial charge on any atom is 0.433 e. The number of carbonyl (C=O) groups is 1. The van der Waals surface area contributed by atoms with Gasteiger partial charge in [0, 0.05) is 34.0 Å². The van der Waals surface area contributed by atoms with Crippen LogP contribution in [0.25, 0.3) is 0 Å². The highest BCUT2D eigenvalue weighted by Crippen LogP contribution is 2.31. The van der Waals surface area contributed by atoms with Crippen LogP contribution in [-0.4, -0.2) is 32.9 Å². The molecule has 1 aromatic heterocycles. The van der Waals surface area contributed by atoms with Gasteiger partial charge in [0.1, 0.15) is 5.69 Å². The Labute approximate surface area is 106 Å². The smallest absolute Gasteiger partial charge is 0.433 e. The van der Waals surface area contributed by atoms with E-state index in [-0.39, 0.29) is 5.69 Å². The minimum atomic E-state index is -4.76. The van der Waals surface area contributed by atoms with E-state index in [0.29, 0.717) is 6.07 Å². The van der Waals surface area contributed by atoms with Crippen LogP contribution in [-0.2, 0) is 15.9 Å². The van der Waals surface area contributed by atoms with Gasteiger partial charge in [-0.15, -0.1) is 0 Å². The molecule has 0 radical (unpaired) electrons. The van der Waals surface area contributed by atoms with E-state index < -0.39 is 33.5 Å². The van der Waals surface area contributed by atoms with Gasteiger partial charge in [0.25, 0.3) is 0 Å². The highest BCUT2D eigenvalue weighted by Gasteiger charge is 2.33. The molecule has 0 fully saturated rings. The Balaban J connectivity index is 3.41. The van der Waals surface area contributed by atoms with Gasteiger partial charge in [-0.05, 0) is 6.07 Å². The zero-order valence-electron chi connectivity index (χ0n) is 9.85. The van der Waals surface area contributed by atoms with Gasteiger partial charge in [-0.3, -0.25) is 5.32 Å². The molecule has 1 aromatic rings. The number of nitrogens with zero attached hydrogens (tertiary/aromatic N) is 2. The average molecular weight is 297 g/mol. The fraction of sp³-hybridized carbons (Fsp3) is 0.333. The molecule has 0 atom stereocenters. The molecule has 0 spiro atoms. The molecule has 1 heterocycles. The molecule has 6 nitrogen and oxygen atoms in total. The van der Waals surface area contributed by atoms with E-state index in [4.69, 9.17) is 5.11 Å². The molecule has 10 heteroatoms. The van der Waals surface area contributed by atoms with Crippen molar-refractivity contribution in [3.63, 3.8) is 0 Å². The monoisotopic (exact) mass is 297 g/mol. The van der Waals surface area contributed by atoms with E-state index in [1.165, 1.54) is 12.5 Å². The zero-order chi connectivity index (χ0) is 14.8. The summed E-state index contributed by atoms with van der Waals surface area (Å²) in [5, 5.41) is 10.3. The third-order valence-electron chi connectivity index (χ3n) is 1.67. The van der Waals surface area contributed by atoms with Crippen LogP contribution in [0, 0.1) is 0 Å². The number of halogens is 3. The first kappa shape index (κ1) is 15.2. The van der Waals surface area contributed by atoms with E-state index in [0.717, 1.165) is 6.07 Å². The summed E-state index contributed by atoms with van der Waals surface area (Å²) >= 11 is 0. The molecule has 0 aliphatic heterocycles. The van der Waals surface area contributed by atoms with Crippen LogP contribution >= 0.6 is 0 Å². The number of alkyl halides is 3. The summed E-state index contributed by atoms with van der Waals surface area (Å²) in [6.07, 6.45) is -3.85. The van der Waals surface area contributed by atoms with Gasteiger partial charge in [0.15, 0.2) is 5.82 Å². The van der Waals surface area contributed by atoms with E-state index >= 15 is 0 Å². The van der Waals surface area contributed by atoms with Crippen LogP contribution in [0.15, 0.2) is 16.5 Å². The lowest BCUT2D eigenvalue weighted by atomic mass is 10.3. The topological polar surface area (TPSA) is 91.7 Å². The summed E-state index contributed by atoms with van der Waals surface area (Å²) in [5.41, 5.74) is -1.67. The molecule has 0 aliphatic rings. The number of anilines is 1. The van der Waals surface area contributed by atoms with Gasteiger partial charge in [-0.25, -0.2) is 14.0 Å². The third-order valence-corrected chi connectivity index (χ3v) is 2.29. The SMILES string of the molecule is CS(C)(=O)=Nc1cc(NC(=O)O)cc(C(F)(F)F)n1. The van der Waals surface area contributed by atoms with E-state index in [9.17, 15) is 22.2 Å². The number of hydrogen-bond acceptors (Lipinski definition) is 4. The van der Waals surface area contributed by atoms with Crippen molar-refractivity contribution in [3.8, 4) is 0 Å². The Kier molecular flexibility index (Phi) is 4.03. The van der Waals surface area contributed by atoms with Gasteiger partial charge in [0.05, 0.1) is 0 Å². The van der Waals surface area contributed by atoms with Gasteiger partial charge in [-0.1, -0.05) is 0 Å². The second-order valence-corrected chi connectivity index (χ2v) is 6.34. The number of carboxylic acid groups (broad SMARTS) is 1. The Morgan fingerprint density at radius 1 is 1.42 bits per heavy atom. The number of pyridine rings is 1. The molecule has 1 rings (SSSR count).